The monoisotopic (exact) mass is 150 g/mol. The fourth-order valence-corrected chi connectivity index (χ4v) is 1.09. The molecule has 2 heterocycles. The van der Waals surface area contributed by atoms with Gasteiger partial charge >= 0.3 is 5.97 Å². The lowest BCUT2D eigenvalue weighted by atomic mass is 10.2. The molecule has 0 fully saturated rings. The van der Waals surface area contributed by atoms with Gasteiger partial charge in [-0.3, -0.25) is 0 Å². The Morgan fingerprint density at radius 1 is 1.64 bits per heavy atom. The molecule has 0 amide bonds. The van der Waals surface area contributed by atoms with Crippen LogP contribution in [-0.2, 0) is 11.3 Å². The van der Waals surface area contributed by atoms with Crippen molar-refractivity contribution in [2.45, 2.75) is 6.61 Å². The zero-order chi connectivity index (χ0) is 7.84. The first-order valence-electron chi connectivity index (χ1n) is 3.19. The smallest absolute Gasteiger partial charge is 0.342 e. The lowest BCUT2D eigenvalue weighted by molar-refractivity contribution is 0.0536. The SMILES string of the molecule is Nc1nccc2c1C(=O)OC2. The molecule has 1 aliphatic heterocycles. The van der Waals surface area contributed by atoms with E-state index in [2.05, 4.69) is 4.98 Å². The van der Waals surface area contributed by atoms with Gasteiger partial charge in [0, 0.05) is 11.8 Å². The van der Waals surface area contributed by atoms with Crippen molar-refractivity contribution in [3.8, 4) is 0 Å². The van der Waals surface area contributed by atoms with Gasteiger partial charge in [-0.15, -0.1) is 0 Å². The minimum absolute atomic E-state index is 0.255. The third-order valence-corrected chi connectivity index (χ3v) is 1.63. The Hall–Kier alpha value is -1.58. The van der Waals surface area contributed by atoms with Crippen molar-refractivity contribution in [3.05, 3.63) is 23.4 Å². The normalized spacial score (nSPS) is 14.4. The van der Waals surface area contributed by atoms with Gasteiger partial charge < -0.3 is 10.5 Å². The number of ether oxygens (including phenoxy) is 1. The first-order valence-corrected chi connectivity index (χ1v) is 3.19. The van der Waals surface area contributed by atoms with Crippen LogP contribution >= 0.6 is 0 Å². The van der Waals surface area contributed by atoms with Crippen LogP contribution in [0.2, 0.25) is 0 Å². The molecule has 4 nitrogen and oxygen atoms in total. The topological polar surface area (TPSA) is 65.2 Å². The maximum absolute atomic E-state index is 10.9. The van der Waals surface area contributed by atoms with Crippen LogP contribution in [0, 0.1) is 0 Å². The Morgan fingerprint density at radius 3 is 3.18 bits per heavy atom. The summed E-state index contributed by atoms with van der Waals surface area (Å²) in [6, 6.07) is 1.73. The predicted octanol–water partition coefficient (Wildman–Crippen LogP) is 0.334. The number of hydrogen-bond donors (Lipinski definition) is 1. The van der Waals surface area contributed by atoms with Crippen LogP contribution in [0.3, 0.4) is 0 Å². The van der Waals surface area contributed by atoms with E-state index >= 15 is 0 Å². The number of cyclic esters (lactones) is 1. The highest BCUT2D eigenvalue weighted by Crippen LogP contribution is 2.22. The lowest BCUT2D eigenvalue weighted by Crippen LogP contribution is -2.01. The highest BCUT2D eigenvalue weighted by molar-refractivity contribution is 5.97. The summed E-state index contributed by atoms with van der Waals surface area (Å²) in [5.41, 5.74) is 6.70. The van der Waals surface area contributed by atoms with Crippen LogP contribution in [0.4, 0.5) is 5.82 Å². The molecule has 1 aromatic heterocycles. The first kappa shape index (κ1) is 6.15. The van der Waals surface area contributed by atoms with Crippen molar-refractivity contribution in [1.82, 2.24) is 4.98 Å². The molecular weight excluding hydrogens is 144 g/mol. The lowest BCUT2D eigenvalue weighted by Gasteiger charge is -1.95. The number of rotatable bonds is 0. The van der Waals surface area contributed by atoms with Gasteiger partial charge in [-0.25, -0.2) is 9.78 Å². The number of pyridine rings is 1. The molecule has 0 bridgehead atoms. The van der Waals surface area contributed by atoms with E-state index < -0.39 is 0 Å². The van der Waals surface area contributed by atoms with E-state index in [1.54, 1.807) is 12.3 Å². The maximum atomic E-state index is 10.9. The van der Waals surface area contributed by atoms with Gasteiger partial charge in [-0.1, -0.05) is 0 Å². The molecule has 1 aliphatic rings. The van der Waals surface area contributed by atoms with Crippen molar-refractivity contribution in [3.63, 3.8) is 0 Å². The van der Waals surface area contributed by atoms with Gasteiger partial charge in [0.05, 0.1) is 0 Å². The van der Waals surface area contributed by atoms with Crippen LogP contribution in [0.5, 0.6) is 0 Å². The van der Waals surface area contributed by atoms with Gasteiger partial charge in [-0.2, -0.15) is 0 Å². The summed E-state index contributed by atoms with van der Waals surface area (Å²) in [7, 11) is 0. The van der Waals surface area contributed by atoms with Gasteiger partial charge in [0.15, 0.2) is 0 Å². The Morgan fingerprint density at radius 2 is 2.45 bits per heavy atom. The molecule has 2 rings (SSSR count). The largest absolute Gasteiger partial charge is 0.457 e. The van der Waals surface area contributed by atoms with Gasteiger partial charge in [0.1, 0.15) is 18.0 Å². The number of carbonyl (C=O) groups is 1. The van der Waals surface area contributed by atoms with Crippen LogP contribution < -0.4 is 5.73 Å². The molecule has 0 spiro atoms. The zero-order valence-electron chi connectivity index (χ0n) is 5.70. The molecule has 11 heavy (non-hydrogen) atoms. The maximum Gasteiger partial charge on any atom is 0.342 e. The number of nitrogens with two attached hydrogens (primary N) is 1. The third kappa shape index (κ3) is 0.756. The summed E-state index contributed by atoms with van der Waals surface area (Å²) in [4.78, 5) is 14.7. The molecule has 0 saturated heterocycles. The first-order chi connectivity index (χ1) is 5.29. The quantitative estimate of drug-likeness (QED) is 0.541. The summed E-state index contributed by atoms with van der Waals surface area (Å²) in [5, 5.41) is 0. The molecule has 0 aliphatic carbocycles. The Kier molecular flexibility index (Phi) is 1.09. The molecule has 0 atom stereocenters. The van der Waals surface area contributed by atoms with E-state index in [0.29, 0.717) is 12.2 Å². The summed E-state index contributed by atoms with van der Waals surface area (Å²) in [5.74, 6) is -0.115. The predicted molar refractivity (Wildman–Crippen MR) is 37.8 cm³/mol. The number of aromatic nitrogens is 1. The van der Waals surface area contributed by atoms with E-state index in [-0.39, 0.29) is 11.8 Å². The Bertz CT molecular complexity index is 322. The van der Waals surface area contributed by atoms with Gasteiger partial charge in [0.25, 0.3) is 0 Å². The Balaban J connectivity index is 2.68. The highest BCUT2D eigenvalue weighted by Gasteiger charge is 2.23. The number of nitrogen functional groups attached to an aromatic ring is 1. The number of nitrogens with zero attached hydrogens (tertiary/aromatic N) is 1. The van der Waals surface area contributed by atoms with Crippen molar-refractivity contribution < 1.29 is 9.53 Å². The number of hydrogen-bond acceptors (Lipinski definition) is 4. The second-order valence-corrected chi connectivity index (χ2v) is 2.31. The number of anilines is 1. The van der Waals surface area contributed by atoms with Crippen LogP contribution in [-0.4, -0.2) is 11.0 Å². The van der Waals surface area contributed by atoms with Crippen molar-refractivity contribution in [2.24, 2.45) is 0 Å². The average Bonchev–Trinajstić information content (AvgIpc) is 2.34. The second-order valence-electron chi connectivity index (χ2n) is 2.31. The fraction of sp³-hybridized carbons (Fsp3) is 0.143. The molecule has 0 unspecified atom stereocenters. The number of fused-ring (bicyclic) bond motifs is 1. The van der Waals surface area contributed by atoms with Crippen molar-refractivity contribution >= 4 is 11.8 Å². The van der Waals surface area contributed by atoms with E-state index in [4.69, 9.17) is 10.5 Å². The van der Waals surface area contributed by atoms with E-state index in [0.717, 1.165) is 5.56 Å². The summed E-state index contributed by atoms with van der Waals surface area (Å²) >= 11 is 0. The van der Waals surface area contributed by atoms with Crippen LogP contribution in [0.1, 0.15) is 15.9 Å². The number of carbonyl (C=O) groups excluding carboxylic acids is 1. The van der Waals surface area contributed by atoms with E-state index in [9.17, 15) is 4.79 Å². The minimum atomic E-state index is -0.370. The van der Waals surface area contributed by atoms with Crippen molar-refractivity contribution in [2.75, 3.05) is 5.73 Å². The molecule has 1 aromatic rings. The molecule has 4 heteroatoms. The fourth-order valence-electron chi connectivity index (χ4n) is 1.09. The van der Waals surface area contributed by atoms with Crippen molar-refractivity contribution in [1.29, 1.82) is 0 Å². The molecule has 2 N–H and O–H groups in total. The molecular formula is C7H6N2O2. The second kappa shape index (κ2) is 1.95. The minimum Gasteiger partial charge on any atom is -0.457 e. The zero-order valence-corrected chi connectivity index (χ0v) is 5.70. The standard InChI is InChI=1S/C7H6N2O2/c8-6-5-4(1-2-9-6)3-11-7(5)10/h1-2H,3H2,(H2,8,9). The summed E-state index contributed by atoms with van der Waals surface area (Å²) < 4.78 is 4.75. The summed E-state index contributed by atoms with van der Waals surface area (Å²) in [6.07, 6.45) is 1.57. The van der Waals surface area contributed by atoms with Gasteiger partial charge in [0.2, 0.25) is 0 Å². The van der Waals surface area contributed by atoms with Gasteiger partial charge in [-0.05, 0) is 6.07 Å². The highest BCUT2D eigenvalue weighted by atomic mass is 16.5. The van der Waals surface area contributed by atoms with E-state index in [1.807, 2.05) is 0 Å². The molecule has 0 aromatic carbocycles. The molecule has 0 radical (unpaired) electrons. The summed E-state index contributed by atoms with van der Waals surface area (Å²) in [6.45, 7) is 0.320. The molecule has 0 saturated carbocycles. The Labute approximate surface area is 63.0 Å². The van der Waals surface area contributed by atoms with Crippen LogP contribution in [0.25, 0.3) is 0 Å². The van der Waals surface area contributed by atoms with Crippen LogP contribution in [0.15, 0.2) is 12.3 Å². The van der Waals surface area contributed by atoms with E-state index in [1.165, 1.54) is 0 Å². The average molecular weight is 150 g/mol. The molecule has 56 valence electrons. The number of esters is 1. The third-order valence-electron chi connectivity index (χ3n) is 1.63.